The van der Waals surface area contributed by atoms with E-state index in [2.05, 4.69) is 27.8 Å². The van der Waals surface area contributed by atoms with Crippen LogP contribution in [0.15, 0.2) is 0 Å². The first-order valence-electron chi connectivity index (χ1n) is 32.9. The highest BCUT2D eigenvalue weighted by Crippen LogP contribution is 2.62. The number of aliphatic hydroxyl groups is 9. The number of ether oxygens (including phenoxy) is 10. The summed E-state index contributed by atoms with van der Waals surface area (Å²) in [6.45, 7) is -16.0. The van der Waals surface area contributed by atoms with E-state index in [9.17, 15) is 83.8 Å². The third kappa shape index (κ3) is 38.1. The van der Waals surface area contributed by atoms with E-state index in [0.717, 1.165) is 0 Å². The molecular formula is C55H107N3O37P4S4. The van der Waals surface area contributed by atoms with Crippen LogP contribution in [0.3, 0.4) is 0 Å². The Labute approximate surface area is 616 Å². The largest absolute Gasteiger partial charge is 0.415 e. The number of hydrogen-bond acceptors (Lipinski definition) is 39. The summed E-state index contributed by atoms with van der Waals surface area (Å²) >= 11 is 5.97. The lowest BCUT2D eigenvalue weighted by Gasteiger charge is -2.42. The fourth-order valence-corrected chi connectivity index (χ4v) is 17.2. The van der Waals surface area contributed by atoms with Crippen LogP contribution in [0.25, 0.3) is 0 Å². The molecule has 18 atom stereocenters. The van der Waals surface area contributed by atoms with Gasteiger partial charge in [0, 0.05) is 60.4 Å². The molecule has 3 aliphatic heterocycles. The van der Waals surface area contributed by atoms with E-state index < -0.39 is 162 Å². The van der Waals surface area contributed by atoms with Crippen LogP contribution in [0, 0.1) is 5.41 Å². The number of amides is 3. The standard InChI is InChI=1S/C55H107N3O37P4S4/c1-37(62)56-43-49(68)46(65)40(30-59)93-52(43)83-19-7-10-22-87-97(73,101-76-4)90-26-14-17-80-34-55(33-79-16-13-25-86-96(71,72)100,36-82-28-29-92-99(75,103-78-6)89-24-12-9-21-85-54-45(58-39(3)64)51(70)48(67)42(32-61)95-54)35-81-18-15-27-91-98(74,102-77-5)88-23-11-8-20-84-53-44(57-38(2)63)50(69)47(66)41(31-60)94-53/h40-54,59-61,65-70H,7-36H2,1-6H3,(H,56,62)(H,57,63)(H,58,64)(H2,71,72,100). The Hall–Kier alpha value is -0.440. The molecule has 48 heteroatoms. The smallest absolute Gasteiger partial charge is 0.394 e. The van der Waals surface area contributed by atoms with Gasteiger partial charge in [0.05, 0.1) is 126 Å². The molecule has 0 radical (unpaired) electrons. The molecule has 608 valence electrons. The van der Waals surface area contributed by atoms with Crippen molar-refractivity contribution < 1.29 is 175 Å². The van der Waals surface area contributed by atoms with Gasteiger partial charge in [-0.25, -0.2) is 13.7 Å². The monoisotopic (exact) mass is 1650 g/mol. The van der Waals surface area contributed by atoms with Gasteiger partial charge in [-0.1, -0.05) is 0 Å². The van der Waals surface area contributed by atoms with E-state index in [1.54, 1.807) is 0 Å². The number of rotatable bonds is 60. The number of hydrogen-bond donors (Lipinski definition) is 14. The van der Waals surface area contributed by atoms with Gasteiger partial charge in [0.2, 0.25) is 17.7 Å². The highest BCUT2D eigenvalue weighted by Gasteiger charge is 2.48. The first-order valence-corrected chi connectivity index (χ1v) is 44.2. The van der Waals surface area contributed by atoms with Gasteiger partial charge in [0.25, 0.3) is 0 Å². The molecule has 0 aliphatic carbocycles. The second-order valence-electron chi connectivity index (χ2n) is 23.2. The van der Waals surface area contributed by atoms with E-state index >= 15 is 0 Å². The molecule has 0 aromatic carbocycles. The fourth-order valence-electron chi connectivity index (χ4n) is 9.73. The molecule has 0 spiro atoms. The van der Waals surface area contributed by atoms with Crippen LogP contribution in [0.5, 0.6) is 0 Å². The molecule has 3 fully saturated rings. The predicted octanol–water partition coefficient (Wildman–Crippen LogP) is -0.0356. The predicted molar refractivity (Wildman–Crippen MR) is 368 cm³/mol. The molecule has 103 heavy (non-hydrogen) atoms. The van der Waals surface area contributed by atoms with Gasteiger partial charge in [-0.05, 0) is 69.6 Å². The number of carbonyl (C=O) groups excluding carboxylic acids is 3. The summed E-state index contributed by atoms with van der Waals surface area (Å²) < 4.78 is 154. The Kier molecular flexibility index (Phi) is 49.5. The maximum Gasteiger partial charge on any atom is 0.415 e. The first-order chi connectivity index (χ1) is 49.0. The molecule has 14 N–H and O–H groups in total. The highest BCUT2D eigenvalue weighted by atomic mass is 32.7. The SMILES string of the molecule is COSP(=O)(OCCCCOC1OC(CO)C(O)C(O)C1NC(C)=O)OCCCOCC(COCCCOP(=O)(OCCCCOC1OC(CO)C(O)C(O)C1NC(C)=O)SOC)(COCCCOP(O)(O)=S)COCCOP(=O)(OCCCCOC1OC(CO)C(O)C(O)C1NC(C)=O)SOC. The van der Waals surface area contributed by atoms with Gasteiger partial charge >= 0.3 is 27.1 Å². The maximum atomic E-state index is 13.8. The van der Waals surface area contributed by atoms with Crippen LogP contribution >= 0.6 is 62.1 Å². The lowest BCUT2D eigenvalue weighted by molar-refractivity contribution is -0.270. The average molecular weight is 1650 g/mol. The van der Waals surface area contributed by atoms with Gasteiger partial charge in [0.1, 0.15) is 108 Å². The lowest BCUT2D eigenvalue weighted by atomic mass is 9.92. The second-order valence-corrected chi connectivity index (χ2v) is 36.9. The summed E-state index contributed by atoms with van der Waals surface area (Å²) in [5.41, 5.74) is -1.18. The zero-order valence-electron chi connectivity index (χ0n) is 58.3. The summed E-state index contributed by atoms with van der Waals surface area (Å²) in [6.07, 6.45) is -14.0. The van der Waals surface area contributed by atoms with Crippen LogP contribution in [-0.2, 0) is 131 Å². The van der Waals surface area contributed by atoms with Gasteiger partial charge in [-0.15, -0.1) is 0 Å². The van der Waals surface area contributed by atoms with Crippen LogP contribution in [-0.4, -0.2) is 325 Å². The molecule has 0 saturated carbocycles. The number of carbonyl (C=O) groups is 3. The molecule has 40 nitrogen and oxygen atoms in total. The molecule has 18 unspecified atom stereocenters. The number of unbranched alkanes of at least 4 members (excludes halogenated alkanes) is 3. The second kappa shape index (κ2) is 52.7. The zero-order chi connectivity index (χ0) is 76.5. The van der Waals surface area contributed by atoms with Gasteiger partial charge in [0.15, 0.2) is 18.9 Å². The van der Waals surface area contributed by atoms with Crippen LogP contribution in [0.4, 0.5) is 0 Å². The molecule has 0 aromatic rings. The first kappa shape index (κ1) is 96.8. The van der Waals surface area contributed by atoms with Crippen LogP contribution in [0.1, 0.15) is 78.6 Å². The van der Waals surface area contributed by atoms with E-state index in [1.807, 2.05) is 0 Å². The summed E-state index contributed by atoms with van der Waals surface area (Å²) in [7, 11) is 3.80. The zero-order valence-corrected chi connectivity index (χ0v) is 65.2. The van der Waals surface area contributed by atoms with Crippen LogP contribution in [0.2, 0.25) is 0 Å². The topological polar surface area (TPSA) is 546 Å². The molecule has 3 saturated heterocycles. The summed E-state index contributed by atoms with van der Waals surface area (Å²) in [5.74, 6) is -1.57. The minimum absolute atomic E-state index is 0.00646. The summed E-state index contributed by atoms with van der Waals surface area (Å²) in [4.78, 5) is 54.7. The fraction of sp³-hybridized carbons (Fsp3) is 0.945. The molecule has 3 heterocycles. The Balaban J connectivity index is 1.68. The molecule has 0 bridgehead atoms. The third-order valence-corrected chi connectivity index (χ3v) is 24.3. The van der Waals surface area contributed by atoms with E-state index in [1.165, 1.54) is 42.1 Å². The Morgan fingerprint density at radius 2 is 0.641 bits per heavy atom. The number of aliphatic hydroxyl groups excluding tert-OH is 9. The Bertz CT molecular complexity index is 2450. The molecular weight excluding hydrogens is 1550 g/mol. The molecule has 3 rings (SSSR count). The van der Waals surface area contributed by atoms with E-state index in [-0.39, 0.29) is 164 Å². The third-order valence-electron chi connectivity index (χ3n) is 14.6. The van der Waals surface area contributed by atoms with Crippen molar-refractivity contribution in [1.82, 2.24) is 16.0 Å². The van der Waals surface area contributed by atoms with Crippen molar-refractivity contribution in [3.63, 3.8) is 0 Å². The van der Waals surface area contributed by atoms with Crippen molar-refractivity contribution >= 4 is 91.6 Å². The highest BCUT2D eigenvalue weighted by molar-refractivity contribution is 8.53. The minimum atomic E-state index is -4.01. The van der Waals surface area contributed by atoms with Crippen molar-refractivity contribution in [2.75, 3.05) is 160 Å². The minimum Gasteiger partial charge on any atom is -0.394 e. The van der Waals surface area contributed by atoms with E-state index in [4.69, 9.17) is 91.6 Å². The van der Waals surface area contributed by atoms with Crippen molar-refractivity contribution in [2.24, 2.45) is 5.41 Å². The summed E-state index contributed by atoms with van der Waals surface area (Å²) in [5, 5.41) is 99.0. The average Bonchev–Trinajstić information content (AvgIpc) is 0.815. The van der Waals surface area contributed by atoms with Crippen molar-refractivity contribution in [2.45, 2.75) is 170 Å². The Morgan fingerprint density at radius 3 is 0.903 bits per heavy atom. The molecule has 3 aliphatic rings. The van der Waals surface area contributed by atoms with Crippen molar-refractivity contribution in [3.05, 3.63) is 0 Å². The van der Waals surface area contributed by atoms with Crippen molar-refractivity contribution in [1.29, 1.82) is 0 Å². The Morgan fingerprint density at radius 1 is 0.388 bits per heavy atom. The maximum absolute atomic E-state index is 13.8. The van der Waals surface area contributed by atoms with E-state index in [0.29, 0.717) is 47.8 Å². The van der Waals surface area contributed by atoms with Gasteiger partial charge in [-0.3, -0.25) is 41.5 Å². The van der Waals surface area contributed by atoms with Gasteiger partial charge in [-0.2, -0.15) is 0 Å². The van der Waals surface area contributed by atoms with Crippen molar-refractivity contribution in [3.8, 4) is 0 Å². The quantitative estimate of drug-likeness (QED) is 0.0216. The molecule has 0 aromatic heterocycles. The lowest BCUT2D eigenvalue weighted by Crippen LogP contribution is -2.64. The number of nitrogens with one attached hydrogen (secondary N) is 3. The van der Waals surface area contributed by atoms with Gasteiger partial charge < -0.3 is 136 Å². The summed E-state index contributed by atoms with van der Waals surface area (Å²) in [6, 6.07) is -3.43. The van der Waals surface area contributed by atoms with Crippen LogP contribution < -0.4 is 16.0 Å². The normalized spacial score (nSPS) is 27.8. The molecule has 3 amide bonds.